The van der Waals surface area contributed by atoms with Crippen molar-refractivity contribution >= 4 is 20.4 Å². The van der Waals surface area contributed by atoms with Gasteiger partial charge in [-0.15, -0.1) is 0 Å². The van der Waals surface area contributed by atoms with Crippen LogP contribution in [0.3, 0.4) is 0 Å². The van der Waals surface area contributed by atoms with Crippen LogP contribution in [0.15, 0.2) is 12.2 Å². The Morgan fingerprint density at radius 3 is 2.65 bits per heavy atom. The first-order valence-corrected chi connectivity index (χ1v) is 13.2. The molecule has 2 unspecified atom stereocenters. The summed E-state index contributed by atoms with van der Waals surface area (Å²) in [5.41, 5.74) is -0.288. The molecule has 1 spiro atoms. The molecule has 3 nitrogen and oxygen atoms in total. The predicted molar refractivity (Wildman–Crippen MR) is 108 cm³/mol. The van der Waals surface area contributed by atoms with Crippen molar-refractivity contribution in [2.24, 2.45) is 22.7 Å². The Bertz CT molecular complexity index is 617. The molecule has 0 heterocycles. The van der Waals surface area contributed by atoms with Crippen LogP contribution < -0.4 is 0 Å². The van der Waals surface area contributed by atoms with Crippen LogP contribution in [0.1, 0.15) is 66.2 Å². The fraction of sp³-hybridized carbons (Fsp3) is 0.818. The lowest BCUT2D eigenvalue weighted by Crippen LogP contribution is -2.59. The largest absolute Gasteiger partial charge is 0.414 e. The number of rotatable bonds is 5. The molecule has 4 aliphatic rings. The molecule has 0 saturated heterocycles. The quantitative estimate of drug-likeness (QED) is 0.482. The van der Waals surface area contributed by atoms with E-state index in [9.17, 15) is 9.59 Å². The first-order valence-electron chi connectivity index (χ1n) is 10.3. The molecular weight excluding hydrogens is 340 g/mol. The molecule has 2 bridgehead atoms. The maximum atomic E-state index is 12.8. The molecule has 146 valence electrons. The summed E-state index contributed by atoms with van der Waals surface area (Å²) >= 11 is 0. The monoisotopic (exact) mass is 376 g/mol. The molecule has 26 heavy (non-hydrogen) atoms. The lowest BCUT2D eigenvalue weighted by atomic mass is 9.45. The van der Waals surface area contributed by atoms with E-state index in [2.05, 4.69) is 46.9 Å². The van der Waals surface area contributed by atoms with Crippen molar-refractivity contribution in [3.8, 4) is 0 Å². The standard InChI is InChI=1S/C22H36O3Si/c1-20(2,3)26(5,6)25-17-15-22-11-8-16(17)14-18(22)21(4,10-7-13-23)19(24)9-12-22/h9,12-13,16-18H,7-8,10-11,14-15H2,1-6H3/t16-,17?,18?,21-,22+/m0/s1. The molecule has 0 aromatic heterocycles. The molecule has 0 N–H and O–H groups in total. The molecule has 0 amide bonds. The highest BCUT2D eigenvalue weighted by molar-refractivity contribution is 6.74. The minimum Gasteiger partial charge on any atom is -0.414 e. The zero-order valence-electron chi connectivity index (χ0n) is 17.4. The third kappa shape index (κ3) is 3.07. The highest BCUT2D eigenvalue weighted by Gasteiger charge is 2.60. The molecule has 3 fully saturated rings. The first-order chi connectivity index (χ1) is 12.0. The average molecular weight is 377 g/mol. The van der Waals surface area contributed by atoms with E-state index in [0.717, 1.165) is 19.1 Å². The Kier molecular flexibility index (Phi) is 4.93. The summed E-state index contributed by atoms with van der Waals surface area (Å²) in [5, 5.41) is 0.220. The Balaban J connectivity index is 1.87. The predicted octanol–water partition coefficient (Wildman–Crippen LogP) is 5.31. The molecule has 4 heteroatoms. The topological polar surface area (TPSA) is 43.4 Å². The van der Waals surface area contributed by atoms with Crippen molar-refractivity contribution in [3.05, 3.63) is 12.2 Å². The summed E-state index contributed by atoms with van der Waals surface area (Å²) in [6, 6.07) is 0. The van der Waals surface area contributed by atoms with Gasteiger partial charge in [0, 0.05) is 17.9 Å². The summed E-state index contributed by atoms with van der Waals surface area (Å²) < 4.78 is 6.86. The van der Waals surface area contributed by atoms with Gasteiger partial charge >= 0.3 is 0 Å². The second-order valence-electron chi connectivity index (χ2n) is 10.8. The average Bonchev–Trinajstić information content (AvgIpc) is 2.56. The van der Waals surface area contributed by atoms with Crippen LogP contribution in [0.2, 0.25) is 18.1 Å². The zero-order valence-corrected chi connectivity index (χ0v) is 18.4. The third-order valence-corrected chi connectivity index (χ3v) is 12.8. The van der Waals surface area contributed by atoms with Crippen LogP contribution in [0.5, 0.6) is 0 Å². The van der Waals surface area contributed by atoms with Crippen LogP contribution in [0.25, 0.3) is 0 Å². The summed E-state index contributed by atoms with van der Waals surface area (Å²) in [5.74, 6) is 1.15. The van der Waals surface area contributed by atoms with Crippen LogP contribution in [0.4, 0.5) is 0 Å². The zero-order chi connectivity index (χ0) is 19.4. The number of carbonyl (C=O) groups is 2. The van der Waals surface area contributed by atoms with Crippen LogP contribution in [-0.4, -0.2) is 26.5 Å². The summed E-state index contributed by atoms with van der Waals surface area (Å²) in [4.78, 5) is 23.7. The summed E-state index contributed by atoms with van der Waals surface area (Å²) in [6.07, 6.45) is 11.0. The van der Waals surface area contributed by atoms with Gasteiger partial charge in [-0.1, -0.05) is 33.8 Å². The van der Waals surface area contributed by atoms with Crippen molar-refractivity contribution in [2.45, 2.75) is 90.5 Å². The summed E-state index contributed by atoms with van der Waals surface area (Å²) in [7, 11) is -1.80. The van der Waals surface area contributed by atoms with E-state index in [1.807, 2.05) is 6.08 Å². The van der Waals surface area contributed by atoms with E-state index < -0.39 is 8.32 Å². The number of allylic oxidation sites excluding steroid dienone is 2. The van der Waals surface area contributed by atoms with Gasteiger partial charge in [0.2, 0.25) is 0 Å². The second kappa shape index (κ2) is 6.41. The van der Waals surface area contributed by atoms with E-state index in [-0.39, 0.29) is 21.7 Å². The maximum Gasteiger partial charge on any atom is 0.192 e. The molecule has 5 atom stereocenters. The molecule has 0 radical (unpaired) electrons. The van der Waals surface area contributed by atoms with Gasteiger partial charge in [-0.3, -0.25) is 4.79 Å². The fourth-order valence-corrected chi connectivity index (χ4v) is 6.91. The molecule has 4 aliphatic carbocycles. The highest BCUT2D eigenvalue weighted by atomic mass is 28.4. The number of ketones is 1. The van der Waals surface area contributed by atoms with Crippen molar-refractivity contribution in [1.82, 2.24) is 0 Å². The Labute approximate surface area is 160 Å². The van der Waals surface area contributed by atoms with Gasteiger partial charge in [-0.05, 0) is 73.6 Å². The minimum absolute atomic E-state index is 0.0906. The van der Waals surface area contributed by atoms with Crippen LogP contribution in [-0.2, 0) is 14.0 Å². The first kappa shape index (κ1) is 20.0. The number of carbonyl (C=O) groups excluding carboxylic acids is 2. The van der Waals surface area contributed by atoms with E-state index >= 15 is 0 Å². The van der Waals surface area contributed by atoms with E-state index in [0.29, 0.717) is 30.8 Å². The summed E-state index contributed by atoms with van der Waals surface area (Å²) in [6.45, 7) is 13.7. The normalized spacial score (nSPS) is 39.8. The van der Waals surface area contributed by atoms with Gasteiger partial charge in [-0.25, -0.2) is 0 Å². The van der Waals surface area contributed by atoms with Gasteiger partial charge in [0.1, 0.15) is 6.29 Å². The molecular formula is C22H36O3Si. The fourth-order valence-electron chi connectivity index (χ4n) is 5.52. The Morgan fingerprint density at radius 1 is 1.35 bits per heavy atom. The molecule has 0 aromatic rings. The highest BCUT2D eigenvalue weighted by Crippen LogP contribution is 2.64. The van der Waals surface area contributed by atoms with Gasteiger partial charge < -0.3 is 9.22 Å². The van der Waals surface area contributed by atoms with Gasteiger partial charge in [-0.2, -0.15) is 0 Å². The molecule has 3 saturated carbocycles. The van der Waals surface area contributed by atoms with Crippen molar-refractivity contribution < 1.29 is 14.0 Å². The van der Waals surface area contributed by atoms with Gasteiger partial charge in [0.05, 0.1) is 0 Å². The molecule has 0 aliphatic heterocycles. The van der Waals surface area contributed by atoms with Crippen molar-refractivity contribution in [3.63, 3.8) is 0 Å². The van der Waals surface area contributed by atoms with E-state index in [4.69, 9.17) is 4.43 Å². The number of aldehydes is 1. The molecule has 0 aromatic carbocycles. The van der Waals surface area contributed by atoms with Crippen LogP contribution >= 0.6 is 0 Å². The lowest BCUT2D eigenvalue weighted by Gasteiger charge is -2.61. The maximum absolute atomic E-state index is 12.8. The number of hydrogen-bond acceptors (Lipinski definition) is 3. The lowest BCUT2D eigenvalue weighted by molar-refractivity contribution is -0.146. The van der Waals surface area contributed by atoms with Gasteiger partial charge in [0.15, 0.2) is 14.1 Å². The van der Waals surface area contributed by atoms with E-state index in [1.165, 1.54) is 12.8 Å². The second-order valence-corrected chi connectivity index (χ2v) is 15.5. The number of fused-ring (bicyclic) bond motifs is 2. The third-order valence-electron chi connectivity index (χ3n) is 8.25. The number of hydrogen-bond donors (Lipinski definition) is 0. The SMILES string of the molecule is CC(C)(C)[Si](C)(C)OC1C[C@@]23C=CC(=O)[C@@](C)(CCC=O)C2C[C@@H]1CC3. The Hall–Kier alpha value is -0.743. The molecule has 4 rings (SSSR count). The van der Waals surface area contributed by atoms with E-state index in [1.54, 1.807) is 0 Å². The smallest absolute Gasteiger partial charge is 0.192 e. The van der Waals surface area contributed by atoms with Crippen LogP contribution in [0, 0.1) is 22.7 Å². The minimum atomic E-state index is -1.80. The van der Waals surface area contributed by atoms with Crippen molar-refractivity contribution in [2.75, 3.05) is 0 Å². The van der Waals surface area contributed by atoms with Gasteiger partial charge in [0.25, 0.3) is 0 Å². The Morgan fingerprint density at radius 2 is 2.04 bits per heavy atom. The van der Waals surface area contributed by atoms with Crippen molar-refractivity contribution in [1.29, 1.82) is 0 Å².